The van der Waals surface area contributed by atoms with E-state index in [-0.39, 0.29) is 6.10 Å². The zero-order chi connectivity index (χ0) is 12.3. The highest BCUT2D eigenvalue weighted by atomic mass is 32.2. The fourth-order valence-electron chi connectivity index (χ4n) is 1.91. The Hall–Kier alpha value is -0.860. The van der Waals surface area contributed by atoms with E-state index in [2.05, 4.69) is 19.9 Å². The maximum atomic E-state index is 11.0. The van der Waals surface area contributed by atoms with Gasteiger partial charge in [-0.05, 0) is 12.8 Å². The molecule has 7 nitrogen and oxygen atoms in total. The summed E-state index contributed by atoms with van der Waals surface area (Å²) in [6.45, 7) is 2.75. The van der Waals surface area contributed by atoms with Gasteiger partial charge in [-0.25, -0.2) is 13.4 Å². The Bertz CT molecular complexity index is 389. The van der Waals surface area contributed by atoms with Gasteiger partial charge in [0.25, 0.3) is 0 Å². The first kappa shape index (κ1) is 12.6. The number of sulfonamides is 1. The van der Waals surface area contributed by atoms with Crippen molar-refractivity contribution in [2.24, 2.45) is 4.99 Å². The molecule has 0 aliphatic carbocycles. The molecule has 17 heavy (non-hydrogen) atoms. The van der Waals surface area contributed by atoms with Gasteiger partial charge in [0.1, 0.15) is 0 Å². The van der Waals surface area contributed by atoms with Crippen LogP contribution in [0.4, 0.5) is 0 Å². The van der Waals surface area contributed by atoms with E-state index in [4.69, 9.17) is 4.74 Å². The molecular weight excluding hydrogens is 244 g/mol. The third kappa shape index (κ3) is 4.14. The SMILES string of the molecule is CS(=O)(=O)NC1=NCN(C[C@H]2CCCO2)CN1. The molecule has 0 aromatic carbocycles. The van der Waals surface area contributed by atoms with Crippen LogP contribution in [0.25, 0.3) is 0 Å². The van der Waals surface area contributed by atoms with Crippen molar-refractivity contribution in [2.75, 3.05) is 32.7 Å². The average Bonchev–Trinajstić information content (AvgIpc) is 2.71. The molecule has 8 heteroatoms. The number of nitrogens with one attached hydrogen (secondary N) is 2. The Morgan fingerprint density at radius 1 is 1.65 bits per heavy atom. The second-order valence-electron chi connectivity index (χ2n) is 4.35. The van der Waals surface area contributed by atoms with E-state index in [1.807, 2.05) is 0 Å². The van der Waals surface area contributed by atoms with Crippen LogP contribution >= 0.6 is 0 Å². The third-order valence-electron chi connectivity index (χ3n) is 2.67. The highest BCUT2D eigenvalue weighted by molar-refractivity contribution is 7.89. The number of guanidine groups is 1. The summed E-state index contributed by atoms with van der Waals surface area (Å²) in [5.74, 6) is 0.316. The topological polar surface area (TPSA) is 83.0 Å². The molecule has 2 aliphatic rings. The minimum atomic E-state index is -3.25. The molecule has 0 aromatic heterocycles. The maximum absolute atomic E-state index is 11.0. The van der Waals surface area contributed by atoms with Crippen LogP contribution in [0.5, 0.6) is 0 Å². The lowest BCUT2D eigenvalue weighted by molar-refractivity contribution is 0.0714. The first-order valence-corrected chi connectivity index (χ1v) is 7.52. The predicted molar refractivity (Wildman–Crippen MR) is 64.0 cm³/mol. The van der Waals surface area contributed by atoms with Crippen LogP contribution in [0.3, 0.4) is 0 Å². The molecule has 1 fully saturated rings. The van der Waals surface area contributed by atoms with Gasteiger partial charge in [-0.2, -0.15) is 0 Å². The Balaban J connectivity index is 1.79. The molecule has 2 N–H and O–H groups in total. The molecule has 0 unspecified atom stereocenters. The molecule has 1 saturated heterocycles. The smallest absolute Gasteiger partial charge is 0.232 e. The molecular formula is C9H18N4O3S. The summed E-state index contributed by atoms with van der Waals surface area (Å²) < 4.78 is 29.8. The summed E-state index contributed by atoms with van der Waals surface area (Å²) in [7, 11) is -3.25. The first-order chi connectivity index (χ1) is 8.03. The Kier molecular flexibility index (Phi) is 3.85. The minimum absolute atomic E-state index is 0.288. The standard InChI is InChI=1S/C9H18N4O3S/c1-17(14,15)12-9-10-6-13(7-11-9)5-8-3-2-4-16-8/h8H,2-7H2,1H3,(H2,10,11,12)/t8-/m1/s1. The van der Waals surface area contributed by atoms with Crippen molar-refractivity contribution in [3.8, 4) is 0 Å². The van der Waals surface area contributed by atoms with E-state index < -0.39 is 10.0 Å². The van der Waals surface area contributed by atoms with Gasteiger partial charge >= 0.3 is 0 Å². The summed E-state index contributed by atoms with van der Waals surface area (Å²) in [5, 5.41) is 2.93. The van der Waals surface area contributed by atoms with Gasteiger partial charge in [-0.1, -0.05) is 0 Å². The fourth-order valence-corrected chi connectivity index (χ4v) is 2.39. The molecule has 0 radical (unpaired) electrons. The van der Waals surface area contributed by atoms with Crippen molar-refractivity contribution >= 4 is 16.0 Å². The van der Waals surface area contributed by atoms with Gasteiger partial charge < -0.3 is 10.1 Å². The Labute approximate surface area is 101 Å². The predicted octanol–water partition coefficient (Wildman–Crippen LogP) is -1.11. The molecule has 2 rings (SSSR count). The van der Waals surface area contributed by atoms with Crippen LogP contribution in [0, 0.1) is 0 Å². The van der Waals surface area contributed by atoms with Gasteiger partial charge in [0.15, 0.2) is 0 Å². The van der Waals surface area contributed by atoms with E-state index >= 15 is 0 Å². The van der Waals surface area contributed by atoms with E-state index in [0.29, 0.717) is 19.3 Å². The Morgan fingerprint density at radius 2 is 2.47 bits per heavy atom. The summed E-state index contributed by atoms with van der Waals surface area (Å²) in [6.07, 6.45) is 3.61. The summed E-state index contributed by atoms with van der Waals surface area (Å²) in [6, 6.07) is 0. The lowest BCUT2D eigenvalue weighted by Gasteiger charge is -2.28. The van der Waals surface area contributed by atoms with Crippen molar-refractivity contribution in [3.05, 3.63) is 0 Å². The zero-order valence-corrected chi connectivity index (χ0v) is 10.7. The molecule has 0 amide bonds. The van der Waals surface area contributed by atoms with E-state index in [9.17, 15) is 8.42 Å². The summed E-state index contributed by atoms with van der Waals surface area (Å²) >= 11 is 0. The number of hydrogen-bond acceptors (Lipinski definition) is 6. The van der Waals surface area contributed by atoms with Crippen molar-refractivity contribution in [1.82, 2.24) is 14.9 Å². The molecule has 98 valence electrons. The maximum Gasteiger partial charge on any atom is 0.232 e. The first-order valence-electron chi connectivity index (χ1n) is 5.63. The number of nitrogens with zero attached hydrogens (tertiary/aromatic N) is 2. The highest BCUT2D eigenvalue weighted by Crippen LogP contribution is 2.13. The summed E-state index contributed by atoms with van der Waals surface area (Å²) in [5.41, 5.74) is 0. The number of ether oxygens (including phenoxy) is 1. The molecule has 0 aromatic rings. The molecule has 0 saturated carbocycles. The van der Waals surface area contributed by atoms with E-state index in [1.54, 1.807) is 0 Å². The molecule has 0 spiro atoms. The van der Waals surface area contributed by atoms with Crippen LogP contribution in [0.2, 0.25) is 0 Å². The monoisotopic (exact) mass is 262 g/mol. The quantitative estimate of drug-likeness (QED) is 0.674. The summed E-state index contributed by atoms with van der Waals surface area (Å²) in [4.78, 5) is 6.21. The van der Waals surface area contributed by atoms with Crippen molar-refractivity contribution in [1.29, 1.82) is 0 Å². The van der Waals surface area contributed by atoms with Gasteiger partial charge in [0, 0.05) is 13.2 Å². The van der Waals surface area contributed by atoms with Crippen LogP contribution in [0.15, 0.2) is 4.99 Å². The number of hydrogen-bond donors (Lipinski definition) is 2. The van der Waals surface area contributed by atoms with Gasteiger partial charge in [-0.15, -0.1) is 0 Å². The molecule has 2 heterocycles. The van der Waals surface area contributed by atoms with Crippen LogP contribution < -0.4 is 10.0 Å². The van der Waals surface area contributed by atoms with Gasteiger partial charge in [-0.3, -0.25) is 9.62 Å². The van der Waals surface area contributed by atoms with Crippen LogP contribution in [-0.2, 0) is 14.8 Å². The number of aliphatic imine (C=N–C) groups is 1. The van der Waals surface area contributed by atoms with Crippen LogP contribution in [0.1, 0.15) is 12.8 Å². The van der Waals surface area contributed by atoms with E-state index in [1.165, 1.54) is 0 Å². The molecule has 0 bridgehead atoms. The average molecular weight is 262 g/mol. The number of rotatable bonds is 3. The fraction of sp³-hybridized carbons (Fsp3) is 0.889. The second-order valence-corrected chi connectivity index (χ2v) is 6.09. The van der Waals surface area contributed by atoms with Crippen molar-refractivity contribution in [3.63, 3.8) is 0 Å². The largest absolute Gasteiger partial charge is 0.377 e. The zero-order valence-electron chi connectivity index (χ0n) is 9.85. The molecule has 1 atom stereocenters. The third-order valence-corrected chi connectivity index (χ3v) is 3.23. The lowest BCUT2D eigenvalue weighted by atomic mass is 10.2. The normalized spacial score (nSPS) is 26.4. The van der Waals surface area contributed by atoms with Gasteiger partial charge in [0.2, 0.25) is 16.0 Å². The lowest BCUT2D eigenvalue weighted by Crippen LogP contribution is -2.51. The highest BCUT2D eigenvalue weighted by Gasteiger charge is 2.21. The van der Waals surface area contributed by atoms with Crippen LogP contribution in [-0.4, -0.2) is 58.1 Å². The van der Waals surface area contributed by atoms with Crippen molar-refractivity contribution < 1.29 is 13.2 Å². The van der Waals surface area contributed by atoms with Gasteiger partial charge in [0.05, 0.1) is 25.7 Å². The molecule has 2 aliphatic heterocycles. The van der Waals surface area contributed by atoms with Crippen molar-refractivity contribution in [2.45, 2.75) is 18.9 Å². The van der Waals surface area contributed by atoms with E-state index in [0.717, 1.165) is 32.2 Å². The second kappa shape index (κ2) is 5.19. The Morgan fingerprint density at radius 3 is 3.00 bits per heavy atom. The minimum Gasteiger partial charge on any atom is -0.377 e.